The van der Waals surface area contributed by atoms with Crippen molar-refractivity contribution in [2.24, 2.45) is 4.99 Å². The average molecular weight is 276 g/mol. The summed E-state index contributed by atoms with van der Waals surface area (Å²) >= 11 is 3.72. The highest BCUT2D eigenvalue weighted by Gasteiger charge is 2.17. The van der Waals surface area contributed by atoms with Crippen molar-refractivity contribution in [3.63, 3.8) is 0 Å². The molecule has 1 aliphatic heterocycles. The fourth-order valence-corrected chi connectivity index (χ4v) is 4.20. The number of nitrogens with zero attached hydrogens (tertiary/aromatic N) is 2. The Morgan fingerprint density at radius 2 is 2.17 bits per heavy atom. The molecule has 1 fully saturated rings. The summed E-state index contributed by atoms with van der Waals surface area (Å²) < 4.78 is 1.35. The molecule has 0 N–H and O–H groups in total. The standard InChI is InChI=1S/C14H16N2S2/c1-10(15-14-16(2)7-8-17-14)13-9-11-5-3-4-6-12(11)18-13/h3-6,9-10H,7-8H2,1-2H3/t10-/m1/s1. The van der Waals surface area contributed by atoms with Gasteiger partial charge in [0.2, 0.25) is 0 Å². The number of benzene rings is 1. The predicted molar refractivity (Wildman–Crippen MR) is 82.8 cm³/mol. The molecule has 3 rings (SSSR count). The van der Waals surface area contributed by atoms with Gasteiger partial charge in [0.25, 0.3) is 0 Å². The number of amidine groups is 1. The normalized spacial score (nSPS) is 19.9. The summed E-state index contributed by atoms with van der Waals surface area (Å²) in [5.74, 6) is 1.16. The molecule has 18 heavy (non-hydrogen) atoms. The van der Waals surface area contributed by atoms with Crippen molar-refractivity contribution in [2.75, 3.05) is 19.3 Å². The molecule has 94 valence electrons. The van der Waals surface area contributed by atoms with Gasteiger partial charge in [0, 0.05) is 28.9 Å². The van der Waals surface area contributed by atoms with Crippen molar-refractivity contribution in [3.8, 4) is 0 Å². The molecule has 0 unspecified atom stereocenters. The van der Waals surface area contributed by atoms with E-state index in [-0.39, 0.29) is 6.04 Å². The molecule has 0 aliphatic carbocycles. The molecule has 2 aromatic rings. The lowest BCUT2D eigenvalue weighted by atomic mass is 10.2. The topological polar surface area (TPSA) is 15.6 Å². The monoisotopic (exact) mass is 276 g/mol. The molecular formula is C14H16N2S2. The van der Waals surface area contributed by atoms with Crippen molar-refractivity contribution >= 4 is 38.4 Å². The van der Waals surface area contributed by atoms with Gasteiger partial charge in [-0.25, -0.2) is 0 Å². The van der Waals surface area contributed by atoms with Gasteiger partial charge in [-0.15, -0.1) is 11.3 Å². The Labute approximate surface area is 116 Å². The van der Waals surface area contributed by atoms with Gasteiger partial charge in [-0.1, -0.05) is 30.0 Å². The van der Waals surface area contributed by atoms with Gasteiger partial charge in [-0.05, 0) is 24.4 Å². The molecule has 0 radical (unpaired) electrons. The molecule has 1 aromatic carbocycles. The molecule has 1 atom stereocenters. The van der Waals surface area contributed by atoms with Crippen LogP contribution in [0.3, 0.4) is 0 Å². The lowest BCUT2D eigenvalue weighted by molar-refractivity contribution is 0.557. The van der Waals surface area contributed by atoms with E-state index >= 15 is 0 Å². The fraction of sp³-hybridized carbons (Fsp3) is 0.357. The molecule has 1 aromatic heterocycles. The molecule has 0 spiro atoms. The summed E-state index contributed by atoms with van der Waals surface area (Å²) in [7, 11) is 2.12. The maximum Gasteiger partial charge on any atom is 0.159 e. The van der Waals surface area contributed by atoms with Crippen LogP contribution < -0.4 is 0 Å². The summed E-state index contributed by atoms with van der Waals surface area (Å²) in [5.41, 5.74) is 0. The Kier molecular flexibility index (Phi) is 3.31. The minimum atomic E-state index is 0.255. The Balaban J connectivity index is 1.89. The first kappa shape index (κ1) is 12.1. The van der Waals surface area contributed by atoms with Crippen LogP contribution in [0.25, 0.3) is 10.1 Å². The Morgan fingerprint density at radius 3 is 2.89 bits per heavy atom. The molecule has 2 heterocycles. The van der Waals surface area contributed by atoms with Crippen LogP contribution in [-0.4, -0.2) is 29.4 Å². The van der Waals surface area contributed by atoms with Gasteiger partial charge >= 0.3 is 0 Å². The molecule has 2 nitrogen and oxygen atoms in total. The van der Waals surface area contributed by atoms with Crippen molar-refractivity contribution in [1.82, 2.24) is 4.90 Å². The molecule has 0 bridgehead atoms. The largest absolute Gasteiger partial charge is 0.354 e. The van der Waals surface area contributed by atoms with Crippen LogP contribution in [0.4, 0.5) is 0 Å². The van der Waals surface area contributed by atoms with Gasteiger partial charge in [0.05, 0.1) is 6.04 Å². The summed E-state index contributed by atoms with van der Waals surface area (Å²) in [5, 5.41) is 2.51. The third-order valence-electron chi connectivity index (χ3n) is 3.14. The zero-order valence-corrected chi connectivity index (χ0v) is 12.2. The number of hydrogen-bond acceptors (Lipinski definition) is 3. The molecule has 1 saturated heterocycles. The van der Waals surface area contributed by atoms with Crippen LogP contribution in [-0.2, 0) is 0 Å². The van der Waals surface area contributed by atoms with Gasteiger partial charge in [0.15, 0.2) is 5.17 Å². The predicted octanol–water partition coefficient (Wildman–Crippen LogP) is 4.00. The lowest BCUT2D eigenvalue weighted by Crippen LogP contribution is -2.18. The second-order valence-corrected chi connectivity index (χ2v) is 6.72. The van der Waals surface area contributed by atoms with Crippen LogP contribution in [0, 0.1) is 0 Å². The third-order valence-corrected chi connectivity index (χ3v) is 5.49. The summed E-state index contributed by atoms with van der Waals surface area (Å²) in [6, 6.07) is 11.1. The number of rotatable bonds is 2. The maximum absolute atomic E-state index is 4.84. The van der Waals surface area contributed by atoms with E-state index in [1.54, 1.807) is 0 Å². The SMILES string of the molecule is C[C@@H](N=C1SCCN1C)c1cc2ccccc2s1. The molecule has 4 heteroatoms. The van der Waals surface area contributed by atoms with E-state index in [9.17, 15) is 0 Å². The molecular weight excluding hydrogens is 260 g/mol. The average Bonchev–Trinajstić information content (AvgIpc) is 2.96. The second-order valence-electron chi connectivity index (χ2n) is 4.54. The molecule has 0 amide bonds. The van der Waals surface area contributed by atoms with Crippen LogP contribution in [0.15, 0.2) is 35.3 Å². The molecule has 1 aliphatic rings. The Bertz CT molecular complexity index is 555. The van der Waals surface area contributed by atoms with Crippen LogP contribution in [0.5, 0.6) is 0 Å². The van der Waals surface area contributed by atoms with E-state index in [1.165, 1.54) is 20.1 Å². The zero-order chi connectivity index (χ0) is 12.5. The smallest absolute Gasteiger partial charge is 0.159 e. The van der Waals surface area contributed by atoms with Crippen molar-refractivity contribution in [1.29, 1.82) is 0 Å². The first-order valence-corrected chi connectivity index (χ1v) is 7.94. The highest BCUT2D eigenvalue weighted by Crippen LogP contribution is 2.32. The van der Waals surface area contributed by atoms with Crippen LogP contribution in [0.2, 0.25) is 0 Å². The fourth-order valence-electron chi connectivity index (χ4n) is 2.05. The van der Waals surface area contributed by atoms with E-state index in [1.807, 2.05) is 23.1 Å². The van der Waals surface area contributed by atoms with E-state index in [2.05, 4.69) is 49.2 Å². The Morgan fingerprint density at radius 1 is 1.33 bits per heavy atom. The van der Waals surface area contributed by atoms with Gasteiger partial charge in [-0.2, -0.15) is 0 Å². The van der Waals surface area contributed by atoms with Crippen molar-refractivity contribution in [2.45, 2.75) is 13.0 Å². The zero-order valence-electron chi connectivity index (χ0n) is 10.6. The van der Waals surface area contributed by atoms with Crippen LogP contribution in [0.1, 0.15) is 17.8 Å². The van der Waals surface area contributed by atoms with E-state index in [4.69, 9.17) is 4.99 Å². The van der Waals surface area contributed by atoms with E-state index in [0.29, 0.717) is 0 Å². The maximum atomic E-state index is 4.84. The number of fused-ring (bicyclic) bond motifs is 1. The summed E-state index contributed by atoms with van der Waals surface area (Å²) in [4.78, 5) is 8.43. The number of thioether (sulfide) groups is 1. The van der Waals surface area contributed by atoms with Crippen molar-refractivity contribution < 1.29 is 0 Å². The van der Waals surface area contributed by atoms with Gasteiger partial charge in [0.1, 0.15) is 0 Å². The Hall–Kier alpha value is -1.00. The number of aliphatic imine (C=N–C) groups is 1. The van der Waals surface area contributed by atoms with E-state index in [0.717, 1.165) is 12.3 Å². The quantitative estimate of drug-likeness (QED) is 0.824. The molecule has 0 saturated carbocycles. The van der Waals surface area contributed by atoms with Crippen molar-refractivity contribution in [3.05, 3.63) is 35.2 Å². The number of thiophene rings is 1. The summed E-state index contributed by atoms with van der Waals surface area (Å²) in [6.07, 6.45) is 0. The van der Waals surface area contributed by atoms with Crippen LogP contribution >= 0.6 is 23.1 Å². The van der Waals surface area contributed by atoms with E-state index < -0.39 is 0 Å². The summed E-state index contributed by atoms with van der Waals surface area (Å²) in [6.45, 7) is 3.30. The van der Waals surface area contributed by atoms with Gasteiger partial charge in [-0.3, -0.25) is 4.99 Å². The first-order valence-electron chi connectivity index (χ1n) is 6.14. The minimum Gasteiger partial charge on any atom is -0.354 e. The van der Waals surface area contributed by atoms with Gasteiger partial charge < -0.3 is 4.90 Å². The number of hydrogen-bond donors (Lipinski definition) is 0. The first-order chi connectivity index (χ1) is 8.74. The highest BCUT2D eigenvalue weighted by atomic mass is 32.2. The second kappa shape index (κ2) is 4.94. The minimum absolute atomic E-state index is 0.255. The highest BCUT2D eigenvalue weighted by molar-refractivity contribution is 8.14. The third kappa shape index (κ3) is 2.27. The lowest BCUT2D eigenvalue weighted by Gasteiger charge is -2.12.